The lowest BCUT2D eigenvalue weighted by Gasteiger charge is -2.14. The molecule has 1 heterocycles. The standard InChI is InChI=1S/C15H15Br2NOS/c1-15(2,3)13-8-20-14(18-13)7-12(19)10-5-4-9(16)6-11(10)17/h4-6,8H,7H2,1-3H3. The summed E-state index contributed by atoms with van der Waals surface area (Å²) in [6.45, 7) is 6.37. The van der Waals surface area contributed by atoms with E-state index in [1.807, 2.05) is 23.6 Å². The van der Waals surface area contributed by atoms with E-state index in [4.69, 9.17) is 0 Å². The van der Waals surface area contributed by atoms with E-state index in [1.165, 1.54) is 0 Å². The topological polar surface area (TPSA) is 30.0 Å². The lowest BCUT2D eigenvalue weighted by atomic mass is 9.93. The van der Waals surface area contributed by atoms with Crippen LogP contribution in [0.25, 0.3) is 0 Å². The van der Waals surface area contributed by atoms with Crippen molar-refractivity contribution in [2.45, 2.75) is 32.6 Å². The van der Waals surface area contributed by atoms with Gasteiger partial charge in [-0.3, -0.25) is 4.79 Å². The fourth-order valence-corrected chi connectivity index (χ4v) is 3.97. The highest BCUT2D eigenvalue weighted by atomic mass is 79.9. The SMILES string of the molecule is CC(C)(C)c1csc(CC(=O)c2ccc(Br)cc2Br)n1. The maximum atomic E-state index is 12.3. The van der Waals surface area contributed by atoms with Gasteiger partial charge in [0.2, 0.25) is 0 Å². The van der Waals surface area contributed by atoms with Crippen molar-refractivity contribution in [1.29, 1.82) is 0 Å². The molecule has 0 bridgehead atoms. The Morgan fingerprint density at radius 1 is 1.30 bits per heavy atom. The largest absolute Gasteiger partial charge is 0.294 e. The minimum Gasteiger partial charge on any atom is -0.294 e. The molecule has 0 fully saturated rings. The number of hydrogen-bond acceptors (Lipinski definition) is 3. The molecule has 0 amide bonds. The van der Waals surface area contributed by atoms with Crippen LogP contribution in [-0.2, 0) is 11.8 Å². The minimum absolute atomic E-state index is 0.0238. The molecule has 0 aliphatic heterocycles. The Hall–Kier alpha value is -0.520. The normalized spacial score (nSPS) is 11.7. The van der Waals surface area contributed by atoms with Crippen molar-refractivity contribution < 1.29 is 4.79 Å². The van der Waals surface area contributed by atoms with Crippen molar-refractivity contribution in [3.05, 3.63) is 48.8 Å². The van der Waals surface area contributed by atoms with Crippen LogP contribution in [0.1, 0.15) is 41.8 Å². The highest BCUT2D eigenvalue weighted by molar-refractivity contribution is 9.11. The Labute approximate surface area is 139 Å². The fraction of sp³-hybridized carbons (Fsp3) is 0.333. The minimum atomic E-state index is 0.0238. The molecule has 1 aromatic heterocycles. The van der Waals surface area contributed by atoms with Gasteiger partial charge >= 0.3 is 0 Å². The fourth-order valence-electron chi connectivity index (χ4n) is 1.68. The highest BCUT2D eigenvalue weighted by Gasteiger charge is 2.19. The van der Waals surface area contributed by atoms with Gasteiger partial charge in [-0.1, -0.05) is 52.6 Å². The first kappa shape index (κ1) is 15.9. The third-order valence-electron chi connectivity index (χ3n) is 2.86. The maximum absolute atomic E-state index is 12.3. The van der Waals surface area contributed by atoms with E-state index in [9.17, 15) is 4.79 Å². The van der Waals surface area contributed by atoms with Gasteiger partial charge in [0.15, 0.2) is 5.78 Å². The molecule has 0 unspecified atom stereocenters. The van der Waals surface area contributed by atoms with Gasteiger partial charge < -0.3 is 0 Å². The van der Waals surface area contributed by atoms with Crippen molar-refractivity contribution in [1.82, 2.24) is 4.98 Å². The Morgan fingerprint density at radius 3 is 2.55 bits per heavy atom. The van der Waals surface area contributed by atoms with Gasteiger partial charge in [0.05, 0.1) is 12.1 Å². The molecule has 1 aromatic carbocycles. The van der Waals surface area contributed by atoms with E-state index in [0.717, 1.165) is 19.6 Å². The van der Waals surface area contributed by atoms with Gasteiger partial charge in [0.1, 0.15) is 5.01 Å². The summed E-state index contributed by atoms with van der Waals surface area (Å²) in [4.78, 5) is 16.9. The maximum Gasteiger partial charge on any atom is 0.170 e. The highest BCUT2D eigenvalue weighted by Crippen LogP contribution is 2.26. The first-order chi connectivity index (χ1) is 9.27. The van der Waals surface area contributed by atoms with Gasteiger partial charge in [0.25, 0.3) is 0 Å². The van der Waals surface area contributed by atoms with E-state index in [-0.39, 0.29) is 11.2 Å². The van der Waals surface area contributed by atoms with Crippen LogP contribution in [0.3, 0.4) is 0 Å². The van der Waals surface area contributed by atoms with E-state index < -0.39 is 0 Å². The summed E-state index contributed by atoms with van der Waals surface area (Å²) < 4.78 is 1.76. The Morgan fingerprint density at radius 2 is 2.00 bits per heavy atom. The Balaban J connectivity index is 2.17. The van der Waals surface area contributed by atoms with Gasteiger partial charge in [0, 0.05) is 25.3 Å². The van der Waals surface area contributed by atoms with Crippen molar-refractivity contribution in [3.8, 4) is 0 Å². The zero-order chi connectivity index (χ0) is 14.9. The lowest BCUT2D eigenvalue weighted by molar-refractivity contribution is 0.0992. The molecule has 0 N–H and O–H groups in total. The van der Waals surface area contributed by atoms with Crippen LogP contribution >= 0.6 is 43.2 Å². The molecule has 106 valence electrons. The second-order valence-electron chi connectivity index (χ2n) is 5.60. The molecule has 2 rings (SSSR count). The number of carbonyl (C=O) groups excluding carboxylic acids is 1. The summed E-state index contributed by atoms with van der Waals surface area (Å²) in [5, 5.41) is 2.91. The molecule has 20 heavy (non-hydrogen) atoms. The molecule has 5 heteroatoms. The lowest BCUT2D eigenvalue weighted by Crippen LogP contribution is -2.12. The van der Waals surface area contributed by atoms with Crippen molar-refractivity contribution >= 4 is 49.0 Å². The summed E-state index contributed by atoms with van der Waals surface area (Å²) in [5.74, 6) is 0.0826. The predicted molar refractivity (Wildman–Crippen MR) is 90.7 cm³/mol. The second-order valence-corrected chi connectivity index (χ2v) is 8.31. The molecular weight excluding hydrogens is 402 g/mol. The number of Topliss-reactive ketones (excluding diaryl/α,β-unsaturated/α-hetero) is 1. The molecule has 0 saturated heterocycles. The van der Waals surface area contributed by atoms with Gasteiger partial charge in [-0.15, -0.1) is 11.3 Å². The summed E-state index contributed by atoms with van der Waals surface area (Å²) in [5.41, 5.74) is 1.76. The van der Waals surface area contributed by atoms with Crippen LogP contribution in [0.2, 0.25) is 0 Å². The summed E-state index contributed by atoms with van der Waals surface area (Å²) in [7, 11) is 0. The molecule has 2 aromatic rings. The van der Waals surface area contributed by atoms with E-state index in [2.05, 4.69) is 57.6 Å². The van der Waals surface area contributed by atoms with E-state index >= 15 is 0 Å². The quantitative estimate of drug-likeness (QED) is 0.627. The molecule has 0 aliphatic carbocycles. The number of aromatic nitrogens is 1. The number of ketones is 1. The summed E-state index contributed by atoms with van der Waals surface area (Å²) in [6, 6.07) is 5.59. The number of thiazole rings is 1. The Bertz CT molecular complexity index is 644. The first-order valence-corrected chi connectivity index (χ1v) is 8.67. The average molecular weight is 417 g/mol. The van der Waals surface area contributed by atoms with Crippen molar-refractivity contribution in [2.75, 3.05) is 0 Å². The number of nitrogens with zero attached hydrogens (tertiary/aromatic N) is 1. The van der Waals surface area contributed by atoms with E-state index in [0.29, 0.717) is 12.0 Å². The van der Waals surface area contributed by atoms with Crippen LogP contribution in [0.4, 0.5) is 0 Å². The zero-order valence-corrected chi connectivity index (χ0v) is 15.5. The smallest absolute Gasteiger partial charge is 0.170 e. The third kappa shape index (κ3) is 3.77. The zero-order valence-electron chi connectivity index (χ0n) is 11.5. The van der Waals surface area contributed by atoms with Crippen LogP contribution in [0.15, 0.2) is 32.5 Å². The molecule has 0 saturated carbocycles. The van der Waals surface area contributed by atoms with Crippen molar-refractivity contribution in [2.24, 2.45) is 0 Å². The van der Waals surface area contributed by atoms with Crippen molar-refractivity contribution in [3.63, 3.8) is 0 Å². The number of hydrogen-bond donors (Lipinski definition) is 0. The van der Waals surface area contributed by atoms with E-state index in [1.54, 1.807) is 11.3 Å². The molecule has 0 atom stereocenters. The predicted octanol–water partition coefficient (Wildman–Crippen LogP) is 5.39. The molecule has 0 spiro atoms. The van der Waals surface area contributed by atoms with Crippen LogP contribution in [0.5, 0.6) is 0 Å². The molecular formula is C15H15Br2NOS. The van der Waals surface area contributed by atoms with Gasteiger partial charge in [-0.2, -0.15) is 0 Å². The molecule has 0 radical (unpaired) electrons. The second kappa shape index (κ2) is 6.08. The van der Waals surface area contributed by atoms with Gasteiger partial charge in [-0.25, -0.2) is 4.98 Å². The molecule has 0 aliphatic rings. The average Bonchev–Trinajstić information content (AvgIpc) is 2.76. The van der Waals surface area contributed by atoms with Crippen LogP contribution in [0, 0.1) is 0 Å². The number of benzene rings is 1. The number of rotatable bonds is 3. The summed E-state index contributed by atoms with van der Waals surface area (Å²) in [6.07, 6.45) is 0.348. The van der Waals surface area contributed by atoms with Crippen LogP contribution in [-0.4, -0.2) is 10.8 Å². The number of carbonyl (C=O) groups is 1. The summed E-state index contributed by atoms with van der Waals surface area (Å²) >= 11 is 8.37. The Kier molecular flexibility index (Phi) is 4.82. The number of halogens is 2. The monoisotopic (exact) mass is 415 g/mol. The van der Waals surface area contributed by atoms with Gasteiger partial charge in [-0.05, 0) is 18.2 Å². The molecule has 2 nitrogen and oxygen atoms in total. The van der Waals surface area contributed by atoms with Crippen LogP contribution < -0.4 is 0 Å². The third-order valence-corrected chi connectivity index (χ3v) is 4.86. The first-order valence-electron chi connectivity index (χ1n) is 6.20.